The van der Waals surface area contributed by atoms with Gasteiger partial charge in [0.1, 0.15) is 5.60 Å². The molecule has 1 rings (SSSR count). The van der Waals surface area contributed by atoms with Crippen molar-refractivity contribution in [2.45, 2.75) is 85.2 Å². The van der Waals surface area contributed by atoms with E-state index in [1.807, 2.05) is 34.6 Å². The van der Waals surface area contributed by atoms with Crippen molar-refractivity contribution >= 4 is 6.09 Å². The quantitative estimate of drug-likeness (QED) is 0.854. The van der Waals surface area contributed by atoms with Crippen molar-refractivity contribution in [3.8, 4) is 0 Å². The van der Waals surface area contributed by atoms with Crippen LogP contribution < -0.4 is 5.32 Å². The minimum Gasteiger partial charge on any atom is -0.444 e. The Bertz CT molecular complexity index is 318. The molecule has 0 aromatic rings. The molecular weight excluding hydrogens is 242 g/mol. The van der Waals surface area contributed by atoms with E-state index >= 15 is 0 Å². The van der Waals surface area contributed by atoms with E-state index in [9.17, 15) is 4.79 Å². The molecule has 0 spiro atoms. The molecule has 1 fully saturated rings. The zero-order chi connectivity index (χ0) is 14.8. The lowest BCUT2D eigenvalue weighted by molar-refractivity contribution is -0.00992. The van der Waals surface area contributed by atoms with Gasteiger partial charge in [0.05, 0.1) is 18.2 Å². The Morgan fingerprint density at radius 2 is 1.84 bits per heavy atom. The minimum absolute atomic E-state index is 0.0345. The second kappa shape index (κ2) is 5.70. The van der Waals surface area contributed by atoms with Crippen LogP contribution in [0.3, 0.4) is 0 Å². The van der Waals surface area contributed by atoms with Gasteiger partial charge in [-0.15, -0.1) is 0 Å². The molecule has 0 radical (unpaired) electrons. The van der Waals surface area contributed by atoms with Crippen LogP contribution in [-0.4, -0.2) is 29.9 Å². The zero-order valence-electron chi connectivity index (χ0n) is 13.4. The molecule has 0 aromatic heterocycles. The Kier molecular flexibility index (Phi) is 4.88. The van der Waals surface area contributed by atoms with Crippen LogP contribution >= 0.6 is 0 Å². The number of carbonyl (C=O) groups is 1. The van der Waals surface area contributed by atoms with E-state index in [2.05, 4.69) is 19.2 Å². The van der Waals surface area contributed by atoms with Crippen LogP contribution in [0, 0.1) is 5.41 Å². The van der Waals surface area contributed by atoms with Crippen molar-refractivity contribution in [3.63, 3.8) is 0 Å². The molecule has 112 valence electrons. The van der Waals surface area contributed by atoms with Gasteiger partial charge in [-0.3, -0.25) is 0 Å². The predicted molar refractivity (Wildman–Crippen MR) is 76.2 cm³/mol. The van der Waals surface area contributed by atoms with Crippen molar-refractivity contribution in [2.75, 3.05) is 0 Å². The number of alkyl carbamates (subject to hydrolysis) is 1. The molecule has 1 amide bonds. The molecular formula is C15H29NO3. The summed E-state index contributed by atoms with van der Waals surface area (Å²) >= 11 is 0. The fourth-order valence-corrected chi connectivity index (χ4v) is 2.59. The number of hydrogen-bond acceptors (Lipinski definition) is 3. The van der Waals surface area contributed by atoms with Crippen molar-refractivity contribution in [3.05, 3.63) is 0 Å². The normalized spacial score (nSPS) is 26.5. The maximum Gasteiger partial charge on any atom is 0.407 e. The Morgan fingerprint density at radius 3 is 2.32 bits per heavy atom. The number of hydrogen-bond donors (Lipinski definition) is 1. The minimum atomic E-state index is -0.466. The van der Waals surface area contributed by atoms with Crippen molar-refractivity contribution in [1.29, 1.82) is 0 Å². The highest BCUT2D eigenvalue weighted by Crippen LogP contribution is 2.39. The summed E-state index contributed by atoms with van der Waals surface area (Å²) in [5.74, 6) is 0. The largest absolute Gasteiger partial charge is 0.444 e. The van der Waals surface area contributed by atoms with E-state index in [-0.39, 0.29) is 29.8 Å². The fraction of sp³-hybridized carbons (Fsp3) is 0.933. The van der Waals surface area contributed by atoms with E-state index in [0.29, 0.717) is 0 Å². The summed E-state index contributed by atoms with van der Waals surface area (Å²) in [6.45, 7) is 14.1. The van der Waals surface area contributed by atoms with Crippen molar-refractivity contribution < 1.29 is 14.3 Å². The molecule has 1 N–H and O–H groups in total. The number of nitrogens with one attached hydrogen (secondary N) is 1. The van der Waals surface area contributed by atoms with Gasteiger partial charge < -0.3 is 14.8 Å². The van der Waals surface area contributed by atoms with Crippen molar-refractivity contribution in [2.24, 2.45) is 5.41 Å². The summed E-state index contributed by atoms with van der Waals surface area (Å²) in [5, 5.41) is 2.96. The number of rotatable bonds is 3. The number of amides is 1. The van der Waals surface area contributed by atoms with E-state index in [1.165, 1.54) is 0 Å². The van der Waals surface area contributed by atoms with Crippen molar-refractivity contribution in [1.82, 2.24) is 5.32 Å². The van der Waals surface area contributed by atoms with Gasteiger partial charge >= 0.3 is 6.09 Å². The molecule has 2 atom stereocenters. The molecule has 4 heteroatoms. The third kappa shape index (κ3) is 5.81. The lowest BCUT2D eigenvalue weighted by Gasteiger charge is -2.25. The Morgan fingerprint density at radius 1 is 1.26 bits per heavy atom. The van der Waals surface area contributed by atoms with Gasteiger partial charge in [0.2, 0.25) is 0 Å². The van der Waals surface area contributed by atoms with Gasteiger partial charge in [0, 0.05) is 0 Å². The molecule has 0 heterocycles. The highest BCUT2D eigenvalue weighted by Gasteiger charge is 2.41. The first-order valence-corrected chi connectivity index (χ1v) is 7.13. The van der Waals surface area contributed by atoms with E-state index in [4.69, 9.17) is 9.47 Å². The highest BCUT2D eigenvalue weighted by molar-refractivity contribution is 5.68. The Balaban J connectivity index is 2.61. The number of ether oxygens (including phenoxy) is 2. The van der Waals surface area contributed by atoms with E-state index < -0.39 is 5.60 Å². The van der Waals surface area contributed by atoms with Crippen LogP contribution in [-0.2, 0) is 9.47 Å². The van der Waals surface area contributed by atoms with Crippen LogP contribution in [0.15, 0.2) is 0 Å². The average Bonchev–Trinajstić information content (AvgIpc) is 2.35. The summed E-state index contributed by atoms with van der Waals surface area (Å²) in [6.07, 6.45) is 1.77. The SMILES string of the molecule is CC(C)O[C@@H]1CC(C)(C)C[C@H]1NC(=O)OC(C)(C)C. The molecule has 0 aromatic carbocycles. The summed E-state index contributed by atoms with van der Waals surface area (Å²) in [6, 6.07) is 0.0345. The molecule has 1 aliphatic rings. The maximum absolute atomic E-state index is 11.9. The zero-order valence-corrected chi connectivity index (χ0v) is 13.4. The first kappa shape index (κ1) is 16.3. The maximum atomic E-state index is 11.9. The highest BCUT2D eigenvalue weighted by atomic mass is 16.6. The molecule has 1 aliphatic carbocycles. The summed E-state index contributed by atoms with van der Waals surface area (Å²) in [7, 11) is 0. The number of carbonyl (C=O) groups excluding carboxylic acids is 1. The van der Waals surface area contributed by atoms with Gasteiger partial charge in [-0.05, 0) is 52.9 Å². The van der Waals surface area contributed by atoms with Crippen LogP contribution in [0.25, 0.3) is 0 Å². The molecule has 0 unspecified atom stereocenters. The van der Waals surface area contributed by atoms with E-state index in [1.54, 1.807) is 0 Å². The molecule has 0 aliphatic heterocycles. The fourth-order valence-electron chi connectivity index (χ4n) is 2.59. The smallest absolute Gasteiger partial charge is 0.407 e. The van der Waals surface area contributed by atoms with Gasteiger partial charge in [0.15, 0.2) is 0 Å². The lowest BCUT2D eigenvalue weighted by Crippen LogP contribution is -2.44. The Hall–Kier alpha value is -0.770. The first-order chi connectivity index (χ1) is 8.48. The van der Waals surface area contributed by atoms with Gasteiger partial charge in [-0.2, -0.15) is 0 Å². The summed E-state index contributed by atoms with van der Waals surface area (Å²) < 4.78 is 11.2. The molecule has 0 saturated heterocycles. The standard InChI is InChI=1S/C15H29NO3/c1-10(2)18-12-9-15(6,7)8-11(12)16-13(17)19-14(3,4)5/h10-12H,8-9H2,1-7H3,(H,16,17)/t11-,12-/m1/s1. The molecule has 0 bridgehead atoms. The van der Waals surface area contributed by atoms with Gasteiger partial charge in [-0.25, -0.2) is 4.79 Å². The van der Waals surface area contributed by atoms with Crippen LogP contribution in [0.2, 0.25) is 0 Å². The monoisotopic (exact) mass is 271 g/mol. The molecule has 4 nitrogen and oxygen atoms in total. The Labute approximate surface area is 117 Å². The van der Waals surface area contributed by atoms with Crippen LogP contribution in [0.5, 0.6) is 0 Å². The summed E-state index contributed by atoms with van der Waals surface area (Å²) in [4.78, 5) is 11.9. The topological polar surface area (TPSA) is 47.6 Å². The van der Waals surface area contributed by atoms with Gasteiger partial charge in [-0.1, -0.05) is 13.8 Å². The van der Waals surface area contributed by atoms with Crippen LogP contribution in [0.4, 0.5) is 4.79 Å². The predicted octanol–water partition coefficient (Wildman–Crippen LogP) is 3.49. The molecule has 19 heavy (non-hydrogen) atoms. The van der Waals surface area contributed by atoms with E-state index in [0.717, 1.165) is 12.8 Å². The van der Waals surface area contributed by atoms with Crippen LogP contribution in [0.1, 0.15) is 61.3 Å². The first-order valence-electron chi connectivity index (χ1n) is 7.13. The second-order valence-corrected chi connectivity index (χ2v) is 7.55. The second-order valence-electron chi connectivity index (χ2n) is 7.55. The lowest BCUT2D eigenvalue weighted by atomic mass is 9.91. The molecule has 1 saturated carbocycles. The third-order valence-corrected chi connectivity index (χ3v) is 3.12. The third-order valence-electron chi connectivity index (χ3n) is 3.12. The average molecular weight is 271 g/mol. The summed E-state index contributed by atoms with van der Waals surface area (Å²) in [5.41, 5.74) is -0.272. The van der Waals surface area contributed by atoms with Gasteiger partial charge in [0.25, 0.3) is 0 Å².